The first-order valence-corrected chi connectivity index (χ1v) is 4.20. The Labute approximate surface area is 103 Å². The first kappa shape index (κ1) is 24.3. The summed E-state index contributed by atoms with van der Waals surface area (Å²) >= 11 is 0. The van der Waals surface area contributed by atoms with Crippen LogP contribution in [0.1, 0.15) is 19.3 Å². The van der Waals surface area contributed by atoms with Crippen molar-refractivity contribution in [1.82, 2.24) is 0 Å². The van der Waals surface area contributed by atoms with E-state index in [0.29, 0.717) is 13.0 Å². The van der Waals surface area contributed by atoms with Gasteiger partial charge >= 0.3 is 5.97 Å². The van der Waals surface area contributed by atoms with Crippen LogP contribution in [-0.2, 0) is 9.53 Å². The number of unbranched alkanes of at least 4 members (excludes halogenated alkanes) is 1. The highest BCUT2D eigenvalue weighted by atomic mass is 35.5. The molecular weight excluding hydrogens is 243 g/mol. The van der Waals surface area contributed by atoms with Gasteiger partial charge in [0.25, 0.3) is 0 Å². The van der Waals surface area contributed by atoms with E-state index in [1.165, 1.54) is 7.11 Å². The highest BCUT2D eigenvalue weighted by molar-refractivity contribution is 5.85. The van der Waals surface area contributed by atoms with Gasteiger partial charge in [0.05, 0.1) is 7.11 Å². The number of halogens is 2. The maximum Gasteiger partial charge on any atom is 0.322 e. The van der Waals surface area contributed by atoms with Gasteiger partial charge in [0, 0.05) is 7.11 Å². The minimum absolute atomic E-state index is 0. The van der Waals surface area contributed by atoms with Crippen LogP contribution in [0.2, 0.25) is 0 Å². The second kappa shape index (κ2) is 19.5. The van der Waals surface area contributed by atoms with Crippen molar-refractivity contribution in [2.75, 3.05) is 20.8 Å². The maximum absolute atomic E-state index is 10.7. The number of ether oxygens (including phenoxy) is 1. The van der Waals surface area contributed by atoms with Crippen molar-refractivity contribution in [2.45, 2.75) is 25.3 Å². The van der Waals surface area contributed by atoms with E-state index in [1.807, 2.05) is 0 Å². The molecule has 0 aromatic rings. The van der Waals surface area contributed by atoms with Crippen LogP contribution in [0, 0.1) is 0 Å². The molecule has 5 nitrogen and oxygen atoms in total. The van der Waals surface area contributed by atoms with Crippen molar-refractivity contribution in [3.05, 3.63) is 0 Å². The second-order valence-corrected chi connectivity index (χ2v) is 2.41. The Morgan fingerprint density at radius 1 is 1.33 bits per heavy atom. The summed E-state index contributed by atoms with van der Waals surface area (Å²) in [7, 11) is 2.34. The number of aliphatic hydroxyl groups is 1. The van der Waals surface area contributed by atoms with Crippen molar-refractivity contribution in [3.8, 4) is 0 Å². The zero-order valence-corrected chi connectivity index (χ0v) is 10.8. The molecule has 0 radical (unpaired) electrons. The van der Waals surface area contributed by atoms with E-state index < -0.39 is 6.04 Å². The largest absolute Gasteiger partial charge is 0.468 e. The van der Waals surface area contributed by atoms with Gasteiger partial charge < -0.3 is 21.3 Å². The molecule has 0 heterocycles. The molecule has 0 spiro atoms. The first-order valence-electron chi connectivity index (χ1n) is 4.20. The minimum atomic E-state index is -0.480. The summed E-state index contributed by atoms with van der Waals surface area (Å²) in [4.78, 5) is 10.7. The summed E-state index contributed by atoms with van der Waals surface area (Å²) in [5.74, 6) is -0.345. The fourth-order valence-corrected chi connectivity index (χ4v) is 0.778. The van der Waals surface area contributed by atoms with Crippen LogP contribution in [0.5, 0.6) is 0 Å². The van der Waals surface area contributed by atoms with Gasteiger partial charge in [0.2, 0.25) is 0 Å². The van der Waals surface area contributed by atoms with E-state index in [1.54, 1.807) is 0 Å². The third kappa shape index (κ3) is 16.6. The minimum Gasteiger partial charge on any atom is -0.468 e. The monoisotopic (exact) mass is 264 g/mol. The molecule has 0 aliphatic carbocycles. The Bertz CT molecular complexity index is 128. The Balaban J connectivity index is -0.000000142. The third-order valence-electron chi connectivity index (χ3n) is 1.47. The van der Waals surface area contributed by atoms with Crippen molar-refractivity contribution in [2.24, 2.45) is 11.5 Å². The molecule has 0 unspecified atom stereocenters. The quantitative estimate of drug-likeness (QED) is 0.482. The zero-order chi connectivity index (χ0) is 10.7. The number of aliphatic hydroxyl groups excluding tert-OH is 1. The summed E-state index contributed by atoms with van der Waals surface area (Å²) in [6.07, 6.45) is 2.45. The van der Waals surface area contributed by atoms with Crippen LogP contribution in [-0.4, -0.2) is 37.9 Å². The van der Waals surface area contributed by atoms with Gasteiger partial charge in [-0.25, -0.2) is 0 Å². The van der Waals surface area contributed by atoms with Gasteiger partial charge in [-0.05, 0) is 19.4 Å². The van der Waals surface area contributed by atoms with Crippen LogP contribution < -0.4 is 11.5 Å². The second-order valence-electron chi connectivity index (χ2n) is 2.41. The van der Waals surface area contributed by atoms with Crippen LogP contribution in [0.4, 0.5) is 0 Å². The number of carbonyl (C=O) groups is 1. The van der Waals surface area contributed by atoms with E-state index in [0.717, 1.165) is 20.0 Å². The molecule has 7 heteroatoms. The topological polar surface area (TPSA) is 98.6 Å². The van der Waals surface area contributed by atoms with E-state index in [2.05, 4.69) is 4.74 Å². The molecule has 0 aliphatic rings. The first-order chi connectivity index (χ1) is 6.22. The lowest BCUT2D eigenvalue weighted by atomic mass is 10.1. The SMILES string of the molecule is CO.COC(=O)[C@@H](N)CCCCN.Cl.Cl. The lowest BCUT2D eigenvalue weighted by Crippen LogP contribution is -2.31. The number of carbonyl (C=O) groups excluding carboxylic acids is 1. The Kier molecular flexibility index (Phi) is 31.5. The normalized spacial score (nSPS) is 9.67. The molecule has 0 saturated heterocycles. The lowest BCUT2D eigenvalue weighted by Gasteiger charge is -2.07. The standard InChI is InChI=1S/C7H16N2O2.CH4O.2ClH/c1-11-7(10)6(9)4-2-3-5-8;1-2;;/h6H,2-5,8-9H2,1H3;2H,1H3;2*1H/t6-;;;/m0.../s1. The fourth-order valence-electron chi connectivity index (χ4n) is 0.778. The van der Waals surface area contributed by atoms with Crippen LogP contribution in [0.3, 0.4) is 0 Å². The van der Waals surface area contributed by atoms with Crippen molar-refractivity contribution in [1.29, 1.82) is 0 Å². The highest BCUT2D eigenvalue weighted by Crippen LogP contribution is 1.98. The number of rotatable bonds is 5. The molecule has 0 aromatic carbocycles. The predicted octanol–water partition coefficient (Wildman–Crippen LogP) is 0.0678. The lowest BCUT2D eigenvalue weighted by molar-refractivity contribution is -0.142. The fraction of sp³-hybridized carbons (Fsp3) is 0.875. The van der Waals surface area contributed by atoms with Gasteiger partial charge in [-0.3, -0.25) is 4.79 Å². The van der Waals surface area contributed by atoms with E-state index in [9.17, 15) is 4.79 Å². The third-order valence-corrected chi connectivity index (χ3v) is 1.47. The van der Waals surface area contributed by atoms with Crippen molar-refractivity contribution >= 4 is 30.8 Å². The number of hydrogen-bond acceptors (Lipinski definition) is 5. The Morgan fingerprint density at radius 3 is 2.13 bits per heavy atom. The highest BCUT2D eigenvalue weighted by Gasteiger charge is 2.11. The summed E-state index contributed by atoms with van der Waals surface area (Å²) < 4.78 is 4.45. The molecule has 0 aromatic heterocycles. The van der Waals surface area contributed by atoms with Gasteiger partial charge in [0.1, 0.15) is 6.04 Å². The molecule has 0 saturated carbocycles. The number of nitrogens with two attached hydrogens (primary N) is 2. The molecular formula is C8H22Cl2N2O3. The average molecular weight is 265 g/mol. The predicted molar refractivity (Wildman–Crippen MR) is 65.5 cm³/mol. The molecule has 0 bridgehead atoms. The molecule has 0 fully saturated rings. The summed E-state index contributed by atoms with van der Waals surface area (Å²) in [5.41, 5.74) is 10.7. The van der Waals surface area contributed by atoms with Crippen molar-refractivity contribution < 1.29 is 14.6 Å². The molecule has 96 valence electrons. The van der Waals surface area contributed by atoms with Crippen LogP contribution in [0.15, 0.2) is 0 Å². The molecule has 1 atom stereocenters. The van der Waals surface area contributed by atoms with Gasteiger partial charge in [0.15, 0.2) is 0 Å². The molecule has 5 N–H and O–H groups in total. The molecule has 0 amide bonds. The molecule has 15 heavy (non-hydrogen) atoms. The van der Waals surface area contributed by atoms with Crippen LogP contribution >= 0.6 is 24.8 Å². The number of hydrogen-bond donors (Lipinski definition) is 3. The number of esters is 1. The van der Waals surface area contributed by atoms with Crippen molar-refractivity contribution in [3.63, 3.8) is 0 Å². The van der Waals surface area contributed by atoms with Crippen LogP contribution in [0.25, 0.3) is 0 Å². The van der Waals surface area contributed by atoms with Gasteiger partial charge in [-0.15, -0.1) is 24.8 Å². The molecule has 0 aliphatic heterocycles. The van der Waals surface area contributed by atoms with Gasteiger partial charge in [-0.1, -0.05) is 6.42 Å². The Hall–Kier alpha value is -0.0700. The van der Waals surface area contributed by atoms with E-state index >= 15 is 0 Å². The smallest absolute Gasteiger partial charge is 0.322 e. The Morgan fingerprint density at radius 2 is 1.80 bits per heavy atom. The van der Waals surface area contributed by atoms with E-state index in [-0.39, 0.29) is 30.8 Å². The maximum atomic E-state index is 10.7. The van der Waals surface area contributed by atoms with E-state index in [4.69, 9.17) is 16.6 Å². The summed E-state index contributed by atoms with van der Waals surface area (Å²) in [6.45, 7) is 0.647. The summed E-state index contributed by atoms with van der Waals surface area (Å²) in [6, 6.07) is -0.480. The molecule has 0 rings (SSSR count). The summed E-state index contributed by atoms with van der Waals surface area (Å²) in [5, 5.41) is 7.00. The average Bonchev–Trinajstić information content (AvgIpc) is 2.20. The zero-order valence-electron chi connectivity index (χ0n) is 9.14. The van der Waals surface area contributed by atoms with Gasteiger partial charge in [-0.2, -0.15) is 0 Å². The number of methoxy groups -OCH3 is 1.